The third kappa shape index (κ3) is 3.28. The van der Waals surface area contributed by atoms with Gasteiger partial charge in [-0.2, -0.15) is 0 Å². The number of hydrogen-bond acceptors (Lipinski definition) is 4. The van der Waals surface area contributed by atoms with Gasteiger partial charge < -0.3 is 25.0 Å². The molecule has 1 spiro atoms. The summed E-state index contributed by atoms with van der Waals surface area (Å²) in [7, 11) is 1.69. The van der Waals surface area contributed by atoms with E-state index in [2.05, 4.69) is 21.3 Å². The first-order chi connectivity index (χ1) is 15.6. The number of fused-ring (bicyclic) bond motifs is 4. The quantitative estimate of drug-likeness (QED) is 0.670. The fourth-order valence-corrected chi connectivity index (χ4v) is 6.36. The normalized spacial score (nSPS) is 25.2. The molecule has 1 aromatic heterocycles. The summed E-state index contributed by atoms with van der Waals surface area (Å²) in [5, 5.41) is 14.8. The van der Waals surface area contributed by atoms with E-state index in [-0.39, 0.29) is 24.1 Å². The number of hydrogen-bond donors (Lipinski definition) is 3. The van der Waals surface area contributed by atoms with E-state index in [1.807, 2.05) is 17.0 Å². The fraction of sp³-hybridized carbons (Fsp3) is 0.640. The van der Waals surface area contributed by atoms with Crippen molar-refractivity contribution in [2.45, 2.75) is 56.0 Å². The fourth-order valence-electron chi connectivity index (χ4n) is 6.36. The average Bonchev–Trinajstić information content (AvgIpc) is 3.28. The second kappa shape index (κ2) is 7.66. The molecule has 3 fully saturated rings. The molecule has 0 bridgehead atoms. The van der Waals surface area contributed by atoms with Crippen molar-refractivity contribution in [1.82, 2.24) is 20.1 Å². The van der Waals surface area contributed by atoms with Crippen LogP contribution in [0.5, 0.6) is 5.75 Å². The van der Waals surface area contributed by atoms with Gasteiger partial charge in [0.25, 0.3) is 0 Å². The maximum Gasteiger partial charge on any atom is 0.317 e. The van der Waals surface area contributed by atoms with E-state index in [9.17, 15) is 9.90 Å². The number of rotatable bonds is 5. The van der Waals surface area contributed by atoms with Crippen LogP contribution in [0.3, 0.4) is 0 Å². The van der Waals surface area contributed by atoms with Gasteiger partial charge in [-0.05, 0) is 49.3 Å². The summed E-state index contributed by atoms with van der Waals surface area (Å²) in [6.45, 7) is 3.49. The van der Waals surface area contributed by atoms with Crippen LogP contribution in [0, 0.1) is 5.92 Å². The maximum atomic E-state index is 12.9. The number of carbonyl (C=O) groups excluding carboxylic acids is 1. The molecule has 172 valence electrons. The number of amides is 2. The van der Waals surface area contributed by atoms with Gasteiger partial charge in [0.1, 0.15) is 5.75 Å². The Labute approximate surface area is 189 Å². The van der Waals surface area contributed by atoms with E-state index in [1.165, 1.54) is 36.6 Å². The van der Waals surface area contributed by atoms with Crippen molar-refractivity contribution in [2.75, 3.05) is 39.9 Å². The highest BCUT2D eigenvalue weighted by Gasteiger charge is 2.54. The molecule has 1 saturated heterocycles. The van der Waals surface area contributed by atoms with Crippen LogP contribution in [0.4, 0.5) is 4.79 Å². The van der Waals surface area contributed by atoms with Gasteiger partial charge in [0.2, 0.25) is 0 Å². The lowest BCUT2D eigenvalue weighted by molar-refractivity contribution is 0.0113. The van der Waals surface area contributed by atoms with Crippen LogP contribution >= 0.6 is 0 Å². The lowest BCUT2D eigenvalue weighted by atomic mass is 9.68. The van der Waals surface area contributed by atoms with Gasteiger partial charge in [0.15, 0.2) is 0 Å². The van der Waals surface area contributed by atoms with Crippen LogP contribution in [0.2, 0.25) is 0 Å². The number of nitrogens with zero attached hydrogens (tertiary/aromatic N) is 2. The summed E-state index contributed by atoms with van der Waals surface area (Å²) >= 11 is 0. The maximum absolute atomic E-state index is 12.9. The number of ether oxygens (including phenoxy) is 1. The van der Waals surface area contributed by atoms with E-state index in [4.69, 9.17) is 4.74 Å². The molecule has 2 aromatic rings. The molecule has 1 aromatic carbocycles. The molecule has 7 nitrogen and oxygen atoms in total. The van der Waals surface area contributed by atoms with Gasteiger partial charge in [0.05, 0.1) is 19.8 Å². The van der Waals surface area contributed by atoms with Gasteiger partial charge in [-0.25, -0.2) is 4.79 Å². The third-order valence-electron chi connectivity index (χ3n) is 8.16. The number of aliphatic hydroxyl groups is 1. The Kier molecular flexibility index (Phi) is 4.88. The zero-order valence-electron chi connectivity index (χ0n) is 18.9. The van der Waals surface area contributed by atoms with Gasteiger partial charge >= 0.3 is 6.03 Å². The number of aliphatic hydroxyl groups excluding tert-OH is 1. The van der Waals surface area contributed by atoms with Crippen molar-refractivity contribution in [1.29, 1.82) is 0 Å². The van der Waals surface area contributed by atoms with E-state index < -0.39 is 0 Å². The number of urea groups is 1. The minimum atomic E-state index is -0.0876. The molecule has 4 aliphatic rings. The Morgan fingerprint density at radius 1 is 1.22 bits per heavy atom. The largest absolute Gasteiger partial charge is 0.497 e. The first-order valence-electron chi connectivity index (χ1n) is 12.2. The van der Waals surface area contributed by atoms with Crippen molar-refractivity contribution in [3.05, 3.63) is 29.5 Å². The molecule has 3 heterocycles. The van der Waals surface area contributed by atoms with Crippen LogP contribution in [0.25, 0.3) is 10.9 Å². The molecule has 6 rings (SSSR count). The van der Waals surface area contributed by atoms with Crippen molar-refractivity contribution in [2.24, 2.45) is 5.92 Å². The number of H-pyrrole nitrogens is 1. The van der Waals surface area contributed by atoms with Gasteiger partial charge in [0, 0.05) is 60.3 Å². The highest BCUT2D eigenvalue weighted by molar-refractivity contribution is 5.89. The van der Waals surface area contributed by atoms with E-state index in [0.717, 1.165) is 61.9 Å². The number of methoxy groups -OCH3 is 1. The van der Waals surface area contributed by atoms with Crippen LogP contribution in [0.15, 0.2) is 18.2 Å². The van der Waals surface area contributed by atoms with Crippen LogP contribution in [-0.4, -0.2) is 71.9 Å². The molecule has 0 radical (unpaired) electrons. The molecular formula is C25H34N4O3. The number of aromatic nitrogens is 1. The molecule has 2 aliphatic heterocycles. The highest BCUT2D eigenvalue weighted by Crippen LogP contribution is 2.49. The van der Waals surface area contributed by atoms with Crippen molar-refractivity contribution >= 4 is 16.9 Å². The monoisotopic (exact) mass is 438 g/mol. The predicted molar refractivity (Wildman–Crippen MR) is 123 cm³/mol. The minimum absolute atomic E-state index is 0.0176. The number of carbonyl (C=O) groups is 1. The van der Waals surface area contributed by atoms with Crippen molar-refractivity contribution in [3.8, 4) is 5.75 Å². The van der Waals surface area contributed by atoms with Gasteiger partial charge in [-0.15, -0.1) is 0 Å². The number of aromatic amines is 1. The molecule has 1 atom stereocenters. The summed E-state index contributed by atoms with van der Waals surface area (Å²) in [5.41, 5.74) is 3.38. The van der Waals surface area contributed by atoms with E-state index in [0.29, 0.717) is 6.04 Å². The van der Waals surface area contributed by atoms with Gasteiger partial charge in [-0.3, -0.25) is 4.90 Å². The highest BCUT2D eigenvalue weighted by atomic mass is 16.5. The zero-order chi connectivity index (χ0) is 21.9. The Morgan fingerprint density at radius 2 is 2.00 bits per heavy atom. The smallest absolute Gasteiger partial charge is 0.317 e. The first-order valence-corrected chi connectivity index (χ1v) is 12.2. The van der Waals surface area contributed by atoms with E-state index >= 15 is 0 Å². The van der Waals surface area contributed by atoms with Crippen LogP contribution < -0.4 is 10.1 Å². The number of nitrogens with one attached hydrogen (secondary N) is 2. The molecule has 32 heavy (non-hydrogen) atoms. The Morgan fingerprint density at radius 3 is 2.69 bits per heavy atom. The summed E-state index contributed by atoms with van der Waals surface area (Å²) in [4.78, 5) is 21.0. The Hall–Kier alpha value is -2.25. The predicted octanol–water partition coefficient (Wildman–Crippen LogP) is 3.14. The summed E-state index contributed by atoms with van der Waals surface area (Å²) in [5.74, 6) is 1.57. The molecular weight excluding hydrogens is 404 g/mol. The minimum Gasteiger partial charge on any atom is -0.497 e. The standard InChI is InChI=1S/C25H34N4O3/c1-32-18-8-9-19-20(10-18)27-23-21(12-30)28(11-16-6-7-16)13-25(22(19)23)14-29(15-25)24(31)26-17-4-2-3-5-17/h8-10,16-17,21,27,30H,2-7,11-15H2,1H3,(H,26,31)/t21-/m0/s1. The van der Waals surface area contributed by atoms with Crippen molar-refractivity contribution in [3.63, 3.8) is 0 Å². The third-order valence-corrected chi connectivity index (χ3v) is 8.16. The molecule has 3 N–H and O–H groups in total. The lowest BCUT2D eigenvalue weighted by Crippen LogP contribution is -2.69. The number of benzene rings is 1. The molecule has 2 aliphatic carbocycles. The zero-order valence-corrected chi connectivity index (χ0v) is 18.9. The second-order valence-electron chi connectivity index (χ2n) is 10.5. The number of likely N-dealkylation sites (tertiary alicyclic amines) is 1. The molecule has 0 unspecified atom stereocenters. The molecule has 7 heteroatoms. The summed E-state index contributed by atoms with van der Waals surface area (Å²) in [6, 6.07) is 6.60. The Bertz CT molecular complexity index is 1020. The Balaban J connectivity index is 1.34. The topological polar surface area (TPSA) is 80.8 Å². The molecule has 2 saturated carbocycles. The molecule has 2 amide bonds. The summed E-state index contributed by atoms with van der Waals surface area (Å²) in [6.07, 6.45) is 7.22. The second-order valence-corrected chi connectivity index (χ2v) is 10.5. The van der Waals surface area contributed by atoms with Crippen molar-refractivity contribution < 1.29 is 14.6 Å². The van der Waals surface area contributed by atoms with E-state index in [1.54, 1.807) is 7.11 Å². The SMILES string of the molecule is COc1ccc2c3c([nH]c2c1)[C@H](CO)N(CC1CC1)CC31CN(C(=O)NC2CCCC2)C1. The average molecular weight is 439 g/mol. The summed E-state index contributed by atoms with van der Waals surface area (Å²) < 4.78 is 5.45. The van der Waals surface area contributed by atoms with Gasteiger partial charge in [-0.1, -0.05) is 12.8 Å². The van der Waals surface area contributed by atoms with Crippen LogP contribution in [-0.2, 0) is 5.41 Å². The van der Waals surface area contributed by atoms with Crippen LogP contribution in [0.1, 0.15) is 55.8 Å². The first kappa shape index (κ1) is 20.4. The lowest BCUT2D eigenvalue weighted by Gasteiger charge is -2.56.